The van der Waals surface area contributed by atoms with Crippen LogP contribution in [0.15, 0.2) is 12.7 Å². The summed E-state index contributed by atoms with van der Waals surface area (Å²) >= 11 is 0. The van der Waals surface area contributed by atoms with Crippen LogP contribution in [0, 0.1) is 0 Å². The molecule has 0 unspecified atom stereocenters. The van der Waals surface area contributed by atoms with Crippen LogP contribution < -0.4 is 5.32 Å². The van der Waals surface area contributed by atoms with E-state index in [4.69, 9.17) is 5.11 Å². The maximum atomic E-state index is 11.5. The van der Waals surface area contributed by atoms with Crippen molar-refractivity contribution in [2.45, 2.75) is 57.8 Å². The minimum Gasteiger partial charge on any atom is -0.481 e. The van der Waals surface area contributed by atoms with Gasteiger partial charge >= 0.3 is 5.97 Å². The van der Waals surface area contributed by atoms with E-state index >= 15 is 0 Å². The average molecular weight is 347 g/mol. The maximum Gasteiger partial charge on any atom is 0.303 e. The molecular weight excluding hydrogens is 318 g/mol. The molecule has 0 fully saturated rings. The van der Waals surface area contributed by atoms with Gasteiger partial charge in [-0.3, -0.25) is 9.59 Å². The van der Waals surface area contributed by atoms with E-state index in [2.05, 4.69) is 11.9 Å². The van der Waals surface area contributed by atoms with E-state index in [1.807, 2.05) is 0 Å². The zero-order valence-electron chi connectivity index (χ0n) is 13.8. The highest BCUT2D eigenvalue weighted by atomic mass is 32.2. The summed E-state index contributed by atoms with van der Waals surface area (Å²) in [6.45, 7) is 3.85. The first-order chi connectivity index (χ1) is 10.9. The van der Waals surface area contributed by atoms with E-state index in [1.165, 1.54) is 6.08 Å². The molecule has 0 saturated heterocycles. The molecule has 7 heteroatoms. The van der Waals surface area contributed by atoms with E-state index in [9.17, 15) is 18.0 Å². The first-order valence-corrected chi connectivity index (χ1v) is 9.99. The summed E-state index contributed by atoms with van der Waals surface area (Å²) in [6.07, 6.45) is 9.42. The standard InChI is InChI=1S/C16H29NO5S/c1-2-13-23(21,22)14-15(18)17-12-10-8-6-4-3-5-7-9-11-16(19)20/h2H,1,3-14H2,(H,17,18)(H,19,20). The Bertz CT molecular complexity index is 459. The van der Waals surface area contributed by atoms with Gasteiger partial charge in [0.25, 0.3) is 0 Å². The van der Waals surface area contributed by atoms with Crippen LogP contribution in [0.5, 0.6) is 0 Å². The Morgan fingerprint density at radius 1 is 0.957 bits per heavy atom. The number of hydrogen-bond acceptors (Lipinski definition) is 4. The van der Waals surface area contributed by atoms with Crippen LogP contribution in [-0.4, -0.2) is 43.5 Å². The molecule has 0 aromatic rings. The third-order valence-electron chi connectivity index (χ3n) is 3.36. The molecule has 0 radical (unpaired) electrons. The van der Waals surface area contributed by atoms with Gasteiger partial charge < -0.3 is 10.4 Å². The van der Waals surface area contributed by atoms with Gasteiger partial charge in [-0.15, -0.1) is 6.58 Å². The smallest absolute Gasteiger partial charge is 0.303 e. The third kappa shape index (κ3) is 15.3. The lowest BCUT2D eigenvalue weighted by atomic mass is 10.1. The van der Waals surface area contributed by atoms with Gasteiger partial charge in [0, 0.05) is 13.0 Å². The minimum absolute atomic E-state index is 0.174. The molecule has 0 spiro atoms. The van der Waals surface area contributed by atoms with Gasteiger partial charge in [0.15, 0.2) is 9.84 Å². The molecule has 0 saturated carbocycles. The van der Waals surface area contributed by atoms with Gasteiger partial charge in [-0.2, -0.15) is 0 Å². The predicted octanol–water partition coefficient (Wildman–Crippen LogP) is 2.30. The number of hydrogen-bond donors (Lipinski definition) is 2. The summed E-state index contributed by atoms with van der Waals surface area (Å²) in [6, 6.07) is 0. The molecule has 0 aliphatic rings. The Morgan fingerprint density at radius 3 is 2.00 bits per heavy atom. The van der Waals surface area contributed by atoms with Crippen molar-refractivity contribution in [2.75, 3.05) is 18.1 Å². The second-order valence-corrected chi connectivity index (χ2v) is 7.77. The number of aliphatic carboxylic acids is 1. The molecule has 0 bridgehead atoms. The topological polar surface area (TPSA) is 101 Å². The Hall–Kier alpha value is -1.37. The van der Waals surface area contributed by atoms with Crippen molar-refractivity contribution in [2.24, 2.45) is 0 Å². The number of carbonyl (C=O) groups excluding carboxylic acids is 1. The molecule has 0 rings (SSSR count). The molecule has 0 heterocycles. The van der Waals surface area contributed by atoms with Crippen LogP contribution in [0.2, 0.25) is 0 Å². The van der Waals surface area contributed by atoms with Crippen LogP contribution >= 0.6 is 0 Å². The SMILES string of the molecule is C=CCS(=O)(=O)CC(=O)NCCCCCCCCCCC(=O)O. The number of rotatable bonds is 15. The molecule has 0 aliphatic carbocycles. The van der Waals surface area contributed by atoms with E-state index in [1.54, 1.807) is 0 Å². The third-order valence-corrected chi connectivity index (χ3v) is 4.81. The summed E-state index contributed by atoms with van der Waals surface area (Å²) in [4.78, 5) is 21.8. The largest absolute Gasteiger partial charge is 0.481 e. The normalized spacial score (nSPS) is 11.1. The summed E-state index contributed by atoms with van der Waals surface area (Å²) in [5, 5.41) is 11.1. The summed E-state index contributed by atoms with van der Waals surface area (Å²) in [5.74, 6) is -1.84. The average Bonchev–Trinajstić information content (AvgIpc) is 2.43. The van der Waals surface area contributed by atoms with Crippen LogP contribution in [0.4, 0.5) is 0 Å². The van der Waals surface area contributed by atoms with Crippen LogP contribution in [0.1, 0.15) is 57.8 Å². The van der Waals surface area contributed by atoms with Gasteiger partial charge in [-0.05, 0) is 12.8 Å². The van der Waals surface area contributed by atoms with Crippen molar-refractivity contribution in [3.63, 3.8) is 0 Å². The van der Waals surface area contributed by atoms with Gasteiger partial charge in [-0.1, -0.05) is 44.6 Å². The second-order valence-electron chi connectivity index (χ2n) is 5.67. The van der Waals surface area contributed by atoms with Crippen molar-refractivity contribution in [1.82, 2.24) is 5.32 Å². The Kier molecular flexibility index (Phi) is 12.3. The predicted molar refractivity (Wildman–Crippen MR) is 91.0 cm³/mol. The molecule has 0 aliphatic heterocycles. The summed E-state index contributed by atoms with van der Waals surface area (Å²) in [7, 11) is -3.37. The molecular formula is C16H29NO5S. The zero-order chi connectivity index (χ0) is 17.6. The fraction of sp³-hybridized carbons (Fsp3) is 0.750. The van der Waals surface area contributed by atoms with Gasteiger partial charge in [0.2, 0.25) is 5.91 Å². The number of nitrogens with one attached hydrogen (secondary N) is 1. The number of sulfone groups is 1. The monoisotopic (exact) mass is 347 g/mol. The van der Waals surface area contributed by atoms with E-state index in [0.717, 1.165) is 51.4 Å². The first-order valence-electron chi connectivity index (χ1n) is 8.17. The molecule has 1 amide bonds. The lowest BCUT2D eigenvalue weighted by Gasteiger charge is -2.05. The number of carboxylic acid groups (broad SMARTS) is 1. The lowest BCUT2D eigenvalue weighted by molar-refractivity contribution is -0.137. The van der Waals surface area contributed by atoms with Crippen molar-refractivity contribution in [1.29, 1.82) is 0 Å². The van der Waals surface area contributed by atoms with Crippen molar-refractivity contribution in [3.05, 3.63) is 12.7 Å². The van der Waals surface area contributed by atoms with Gasteiger partial charge in [0.05, 0.1) is 5.75 Å². The number of carboxylic acids is 1. The molecule has 0 aromatic carbocycles. The maximum absolute atomic E-state index is 11.5. The lowest BCUT2D eigenvalue weighted by Crippen LogP contribution is -2.31. The van der Waals surface area contributed by atoms with Gasteiger partial charge in [-0.25, -0.2) is 8.42 Å². The van der Waals surface area contributed by atoms with Crippen molar-refractivity contribution < 1.29 is 23.1 Å². The highest BCUT2D eigenvalue weighted by Crippen LogP contribution is 2.09. The highest BCUT2D eigenvalue weighted by molar-refractivity contribution is 7.92. The summed E-state index contributed by atoms with van der Waals surface area (Å²) in [5.41, 5.74) is 0. The molecule has 6 nitrogen and oxygen atoms in total. The molecule has 0 atom stereocenters. The van der Waals surface area contributed by atoms with E-state index in [-0.39, 0.29) is 12.2 Å². The number of amides is 1. The van der Waals surface area contributed by atoms with Crippen molar-refractivity contribution in [3.8, 4) is 0 Å². The highest BCUT2D eigenvalue weighted by Gasteiger charge is 2.14. The van der Waals surface area contributed by atoms with E-state index < -0.39 is 27.5 Å². The van der Waals surface area contributed by atoms with Crippen LogP contribution in [-0.2, 0) is 19.4 Å². The van der Waals surface area contributed by atoms with Crippen molar-refractivity contribution >= 4 is 21.7 Å². The fourth-order valence-electron chi connectivity index (χ4n) is 2.18. The minimum atomic E-state index is -3.37. The summed E-state index contributed by atoms with van der Waals surface area (Å²) < 4.78 is 22.8. The second kappa shape index (κ2) is 13.1. The fourth-order valence-corrected chi connectivity index (χ4v) is 3.16. The number of unbranched alkanes of at least 4 members (excludes halogenated alkanes) is 7. The van der Waals surface area contributed by atoms with Crippen LogP contribution in [0.25, 0.3) is 0 Å². The van der Waals surface area contributed by atoms with Crippen LogP contribution in [0.3, 0.4) is 0 Å². The van der Waals surface area contributed by atoms with E-state index in [0.29, 0.717) is 6.54 Å². The molecule has 0 aromatic heterocycles. The molecule has 134 valence electrons. The van der Waals surface area contributed by atoms with Gasteiger partial charge in [0.1, 0.15) is 5.75 Å². The number of carbonyl (C=O) groups is 2. The Labute approximate surface area is 139 Å². The quantitative estimate of drug-likeness (QED) is 0.350. The Morgan fingerprint density at radius 2 is 1.48 bits per heavy atom. The first kappa shape index (κ1) is 21.6. The molecule has 2 N–H and O–H groups in total. The zero-order valence-corrected chi connectivity index (χ0v) is 14.6. The Balaban J connectivity index is 3.41. The molecule has 23 heavy (non-hydrogen) atoms.